The molecule has 196 valence electrons. The summed E-state index contributed by atoms with van der Waals surface area (Å²) in [5.74, 6) is 6.75. The Morgan fingerprint density at radius 3 is 2.66 bits per heavy atom. The molecule has 0 saturated heterocycles. The van der Waals surface area contributed by atoms with Crippen LogP contribution in [0.1, 0.15) is 111 Å². The quantitative estimate of drug-likeness (QED) is 0.261. The molecule has 4 aliphatic rings. The molecule has 3 saturated carbocycles. The molecule has 1 heterocycles. The predicted octanol–water partition coefficient (Wildman–Crippen LogP) is 10.3. The molecular formula is C32H51NS2. The Morgan fingerprint density at radius 1 is 1.03 bits per heavy atom. The summed E-state index contributed by atoms with van der Waals surface area (Å²) >= 11 is 0. The van der Waals surface area contributed by atoms with Crippen LogP contribution in [0, 0.1) is 46.3 Å². The topological polar surface area (TPSA) is 15.8 Å². The third kappa shape index (κ3) is 5.21. The van der Waals surface area contributed by atoms with Gasteiger partial charge >= 0.3 is 0 Å². The third-order valence-electron chi connectivity index (χ3n) is 11.3. The molecule has 8 unspecified atom stereocenters. The summed E-state index contributed by atoms with van der Waals surface area (Å²) in [6, 6.07) is 4.33. The maximum atomic E-state index is 3.36. The molecule has 1 nitrogen and oxygen atoms in total. The monoisotopic (exact) mass is 513 g/mol. The second kappa shape index (κ2) is 10.8. The molecule has 4 aliphatic carbocycles. The summed E-state index contributed by atoms with van der Waals surface area (Å²) in [4.78, 5) is 3.36. The highest BCUT2D eigenvalue weighted by atomic mass is 33.1. The molecule has 1 aromatic heterocycles. The summed E-state index contributed by atoms with van der Waals surface area (Å²) in [5.41, 5.74) is 4.31. The molecule has 0 aliphatic heterocycles. The van der Waals surface area contributed by atoms with Crippen molar-refractivity contribution in [3.8, 4) is 0 Å². The van der Waals surface area contributed by atoms with Gasteiger partial charge in [0.15, 0.2) is 0 Å². The molecule has 3 heteroatoms. The number of aromatic amines is 1. The van der Waals surface area contributed by atoms with Crippen LogP contribution >= 0.6 is 21.6 Å². The highest BCUT2D eigenvalue weighted by Crippen LogP contribution is 2.67. The maximum absolute atomic E-state index is 3.36. The highest BCUT2D eigenvalue weighted by molar-refractivity contribution is 8.76. The second-order valence-electron chi connectivity index (χ2n) is 13.7. The van der Waals surface area contributed by atoms with E-state index in [0.29, 0.717) is 10.8 Å². The Morgan fingerprint density at radius 2 is 1.89 bits per heavy atom. The lowest BCUT2D eigenvalue weighted by molar-refractivity contribution is -0.0497. The van der Waals surface area contributed by atoms with Crippen molar-refractivity contribution in [3.05, 3.63) is 35.7 Å². The fraction of sp³-hybridized carbons (Fsp3) is 0.812. The first kappa shape index (κ1) is 26.3. The van der Waals surface area contributed by atoms with Gasteiger partial charge in [-0.05, 0) is 110 Å². The van der Waals surface area contributed by atoms with Crippen molar-refractivity contribution < 1.29 is 0 Å². The van der Waals surface area contributed by atoms with Gasteiger partial charge in [-0.25, -0.2) is 0 Å². The average molecular weight is 514 g/mol. The molecule has 1 aromatic rings. The van der Waals surface area contributed by atoms with Crippen LogP contribution in [0.2, 0.25) is 0 Å². The van der Waals surface area contributed by atoms with Gasteiger partial charge in [0.2, 0.25) is 0 Å². The minimum Gasteiger partial charge on any atom is -0.364 e. The van der Waals surface area contributed by atoms with Crippen molar-refractivity contribution >= 4 is 21.6 Å². The molecule has 5 rings (SSSR count). The Hall–Kier alpha value is -0.280. The molecular weight excluding hydrogens is 462 g/mol. The first-order valence-electron chi connectivity index (χ1n) is 14.9. The van der Waals surface area contributed by atoms with Gasteiger partial charge in [0.25, 0.3) is 0 Å². The van der Waals surface area contributed by atoms with Crippen molar-refractivity contribution in [1.82, 2.24) is 4.98 Å². The summed E-state index contributed by atoms with van der Waals surface area (Å²) in [6.07, 6.45) is 20.7. The minimum absolute atomic E-state index is 0.492. The summed E-state index contributed by atoms with van der Waals surface area (Å²) in [7, 11) is 4.22. The normalized spacial score (nSPS) is 39.6. The number of nitrogens with one attached hydrogen (secondary N) is 1. The van der Waals surface area contributed by atoms with Crippen molar-refractivity contribution in [3.63, 3.8) is 0 Å². The fourth-order valence-corrected chi connectivity index (χ4v) is 12.1. The predicted molar refractivity (Wildman–Crippen MR) is 157 cm³/mol. The van der Waals surface area contributed by atoms with E-state index in [0.717, 1.165) is 46.5 Å². The fourth-order valence-electron chi connectivity index (χ4n) is 9.39. The Kier molecular flexibility index (Phi) is 8.15. The van der Waals surface area contributed by atoms with E-state index in [2.05, 4.69) is 79.4 Å². The number of allylic oxidation sites excluding steroid dienone is 2. The van der Waals surface area contributed by atoms with E-state index in [-0.39, 0.29) is 0 Å². The van der Waals surface area contributed by atoms with Gasteiger partial charge < -0.3 is 4.98 Å². The van der Waals surface area contributed by atoms with Crippen LogP contribution in [0.25, 0.3) is 0 Å². The lowest BCUT2D eigenvalue weighted by Crippen LogP contribution is -2.50. The Balaban J connectivity index is 1.21. The number of hydrogen-bond acceptors (Lipinski definition) is 2. The summed E-state index contributed by atoms with van der Waals surface area (Å²) in [6.45, 7) is 12.8. The van der Waals surface area contributed by atoms with E-state index in [1.807, 2.05) is 11.8 Å². The van der Waals surface area contributed by atoms with Crippen LogP contribution < -0.4 is 0 Å². The lowest BCUT2D eigenvalue weighted by Gasteiger charge is -2.58. The van der Waals surface area contributed by atoms with E-state index < -0.39 is 0 Å². The number of fused-ring (bicyclic) bond motifs is 5. The summed E-state index contributed by atoms with van der Waals surface area (Å²) in [5, 5.41) is 0.808. The molecule has 0 spiro atoms. The van der Waals surface area contributed by atoms with Crippen LogP contribution in [0.3, 0.4) is 0 Å². The lowest BCUT2D eigenvalue weighted by atomic mass is 9.47. The molecule has 0 amide bonds. The van der Waals surface area contributed by atoms with Crippen LogP contribution in [-0.4, -0.2) is 10.2 Å². The van der Waals surface area contributed by atoms with Crippen LogP contribution in [0.15, 0.2) is 30.0 Å². The van der Waals surface area contributed by atoms with E-state index in [4.69, 9.17) is 0 Å². The summed E-state index contributed by atoms with van der Waals surface area (Å²) < 4.78 is 0. The van der Waals surface area contributed by atoms with Crippen LogP contribution in [0.4, 0.5) is 0 Å². The van der Waals surface area contributed by atoms with Crippen molar-refractivity contribution in [2.45, 2.75) is 116 Å². The van der Waals surface area contributed by atoms with Gasteiger partial charge in [0, 0.05) is 22.9 Å². The van der Waals surface area contributed by atoms with Gasteiger partial charge in [-0.3, -0.25) is 0 Å². The van der Waals surface area contributed by atoms with Gasteiger partial charge in [0.05, 0.1) is 0 Å². The number of hydrogen-bond donors (Lipinski definition) is 1. The van der Waals surface area contributed by atoms with Gasteiger partial charge in [-0.15, -0.1) is 0 Å². The first-order chi connectivity index (χ1) is 16.8. The molecule has 1 N–H and O–H groups in total. The maximum Gasteiger partial charge on any atom is 0.0440 e. The zero-order chi connectivity index (χ0) is 24.6. The zero-order valence-corrected chi connectivity index (χ0v) is 24.8. The van der Waals surface area contributed by atoms with Crippen molar-refractivity contribution in [2.75, 3.05) is 0 Å². The Labute approximate surface area is 224 Å². The first-order valence-corrected chi connectivity index (χ1v) is 17.3. The van der Waals surface area contributed by atoms with Crippen molar-refractivity contribution in [1.29, 1.82) is 0 Å². The van der Waals surface area contributed by atoms with E-state index in [1.165, 1.54) is 76.3 Å². The van der Waals surface area contributed by atoms with Crippen LogP contribution in [0.5, 0.6) is 0 Å². The Bertz CT molecular complexity index is 859. The van der Waals surface area contributed by atoms with Gasteiger partial charge in [0.1, 0.15) is 0 Å². The molecule has 35 heavy (non-hydrogen) atoms. The van der Waals surface area contributed by atoms with Crippen LogP contribution in [-0.2, 0) is 5.75 Å². The average Bonchev–Trinajstić information content (AvgIpc) is 3.46. The van der Waals surface area contributed by atoms with E-state index in [9.17, 15) is 0 Å². The van der Waals surface area contributed by atoms with E-state index >= 15 is 0 Å². The smallest absolute Gasteiger partial charge is 0.0440 e. The molecule has 0 aromatic carbocycles. The number of rotatable bonds is 9. The number of aromatic nitrogens is 1. The third-order valence-corrected chi connectivity index (χ3v) is 14.2. The molecule has 3 fully saturated rings. The van der Waals surface area contributed by atoms with Gasteiger partial charge in [-0.1, -0.05) is 87.1 Å². The largest absolute Gasteiger partial charge is 0.364 e. The van der Waals surface area contributed by atoms with Gasteiger partial charge in [-0.2, -0.15) is 0 Å². The molecule has 8 atom stereocenters. The van der Waals surface area contributed by atoms with Crippen molar-refractivity contribution in [2.24, 2.45) is 46.3 Å². The zero-order valence-electron chi connectivity index (χ0n) is 23.2. The van der Waals surface area contributed by atoms with E-state index in [1.54, 1.807) is 0 Å². The number of H-pyrrole nitrogens is 1. The highest BCUT2D eigenvalue weighted by Gasteiger charge is 2.59. The minimum atomic E-state index is 0.492. The molecule has 0 bridgehead atoms. The second-order valence-corrected chi connectivity index (χ2v) is 16.4. The standard InChI is InChI=1S/C32H51NS2/c1-22(2)8-6-9-23(3)28-13-14-29-27-12-11-24-20-26(35-34-21-25-10-7-19-33-25)15-17-31(24,4)30(27)16-18-32(28,29)5/h7,10-11,19,22-23,26-30,33H,6,8-9,12-18,20-21H2,1-5H3. The SMILES string of the molecule is CC(C)CCCC(C)C1CCC2C3CC=C4CC(SSCc5ccc[nH]5)CCC4(C)C3CCC12C. The molecule has 0 radical (unpaired) electrons.